The number of benzene rings is 8. The molecule has 0 fully saturated rings. The van der Waals surface area contributed by atoms with Crippen LogP contribution in [0.2, 0.25) is 0 Å². The fourth-order valence-electron chi connectivity index (χ4n) is 8.95. The number of hydrogen-bond donors (Lipinski definition) is 0. The second kappa shape index (κ2) is 13.4. The van der Waals surface area contributed by atoms with E-state index in [2.05, 4.69) is 178 Å². The minimum Gasteiger partial charge on any atom is -0.455 e. The summed E-state index contributed by atoms with van der Waals surface area (Å²) >= 11 is 0. The van der Waals surface area contributed by atoms with E-state index in [9.17, 15) is 0 Å². The number of nitrogens with zero attached hydrogens (tertiary/aromatic N) is 3. The molecular formula is C54H37N3O. The predicted molar refractivity (Wildman–Crippen MR) is 237 cm³/mol. The van der Waals surface area contributed by atoms with Crippen LogP contribution < -0.4 is 0 Å². The average Bonchev–Trinajstić information content (AvgIpc) is 3.78. The average molecular weight is 744 g/mol. The molecule has 0 saturated heterocycles. The van der Waals surface area contributed by atoms with E-state index in [1.165, 1.54) is 44.5 Å². The molecule has 0 spiro atoms. The Morgan fingerprint density at radius 3 is 1.67 bits per heavy atom. The monoisotopic (exact) mass is 743 g/mol. The van der Waals surface area contributed by atoms with Crippen molar-refractivity contribution < 1.29 is 4.42 Å². The van der Waals surface area contributed by atoms with Crippen molar-refractivity contribution >= 4 is 21.9 Å². The van der Waals surface area contributed by atoms with Crippen LogP contribution in [0.15, 0.2) is 192 Å². The minimum atomic E-state index is -0.260. The van der Waals surface area contributed by atoms with Gasteiger partial charge in [0.05, 0.1) is 5.56 Å². The molecule has 0 N–H and O–H groups in total. The molecule has 2 heterocycles. The quantitative estimate of drug-likeness (QED) is 0.170. The molecule has 11 rings (SSSR count). The van der Waals surface area contributed by atoms with Gasteiger partial charge < -0.3 is 4.42 Å². The van der Waals surface area contributed by atoms with Gasteiger partial charge in [-0.2, -0.15) is 0 Å². The highest BCUT2D eigenvalue weighted by atomic mass is 16.3. The Bertz CT molecular complexity index is 3180. The van der Waals surface area contributed by atoms with Crippen molar-refractivity contribution in [3.8, 4) is 78.7 Å². The zero-order valence-corrected chi connectivity index (χ0v) is 32.1. The molecule has 0 bridgehead atoms. The van der Waals surface area contributed by atoms with Crippen LogP contribution >= 0.6 is 0 Å². The van der Waals surface area contributed by atoms with E-state index in [1.807, 2.05) is 24.3 Å². The lowest BCUT2D eigenvalue weighted by Crippen LogP contribution is -2.16. The van der Waals surface area contributed by atoms with Crippen molar-refractivity contribution in [2.24, 2.45) is 0 Å². The maximum absolute atomic E-state index is 6.54. The van der Waals surface area contributed by atoms with Gasteiger partial charge in [-0.3, -0.25) is 0 Å². The molecule has 1 aliphatic carbocycles. The summed E-state index contributed by atoms with van der Waals surface area (Å²) < 4.78 is 6.54. The van der Waals surface area contributed by atoms with Crippen LogP contribution in [0.4, 0.5) is 0 Å². The molecule has 2 aromatic heterocycles. The summed E-state index contributed by atoms with van der Waals surface area (Å²) in [7, 11) is 0. The van der Waals surface area contributed by atoms with E-state index >= 15 is 0 Å². The molecule has 8 aromatic carbocycles. The number of para-hydroxylation sites is 2. The van der Waals surface area contributed by atoms with Crippen LogP contribution in [0, 0.1) is 0 Å². The highest BCUT2D eigenvalue weighted by Crippen LogP contribution is 2.53. The molecule has 0 atom stereocenters. The van der Waals surface area contributed by atoms with Gasteiger partial charge in [-0.15, -0.1) is 0 Å². The fourth-order valence-corrected chi connectivity index (χ4v) is 8.95. The molecule has 0 saturated carbocycles. The lowest BCUT2D eigenvalue weighted by Gasteiger charge is -2.25. The molecule has 4 nitrogen and oxygen atoms in total. The highest BCUT2D eigenvalue weighted by molar-refractivity contribution is 6.09. The second-order valence-electron chi connectivity index (χ2n) is 15.6. The Morgan fingerprint density at radius 2 is 0.879 bits per heavy atom. The van der Waals surface area contributed by atoms with Gasteiger partial charge in [0.25, 0.3) is 0 Å². The van der Waals surface area contributed by atoms with E-state index in [-0.39, 0.29) is 5.41 Å². The third kappa shape index (κ3) is 5.48. The Labute approximate surface area is 337 Å². The third-order valence-corrected chi connectivity index (χ3v) is 11.8. The Morgan fingerprint density at radius 1 is 0.362 bits per heavy atom. The molecular weight excluding hydrogens is 707 g/mol. The number of rotatable bonds is 6. The van der Waals surface area contributed by atoms with Gasteiger partial charge in [0.15, 0.2) is 17.5 Å². The van der Waals surface area contributed by atoms with E-state index < -0.39 is 0 Å². The van der Waals surface area contributed by atoms with Gasteiger partial charge in [-0.05, 0) is 73.8 Å². The summed E-state index contributed by atoms with van der Waals surface area (Å²) in [4.78, 5) is 15.8. The van der Waals surface area contributed by atoms with Crippen LogP contribution in [0.5, 0.6) is 0 Å². The first kappa shape index (κ1) is 33.9. The molecule has 0 amide bonds. The molecule has 10 aromatic rings. The standard InChI is InChI=1S/C54H37N3O/c1-54(2)47-33-38(31-32-41(47)43-23-13-22-40(49(43)54)36-17-7-4-8-18-36)51-55-52(57-53(56-51)46-25-14-24-44-42-20-11-12-26-48(42)58-50(44)46)45-21-10-9-19-39(45)37-29-27-35(28-30-37)34-15-5-3-6-16-34/h3-33H,1-2H3. The van der Waals surface area contributed by atoms with Crippen LogP contribution in [0.3, 0.4) is 0 Å². The van der Waals surface area contributed by atoms with Crippen molar-refractivity contribution in [2.75, 3.05) is 0 Å². The SMILES string of the molecule is CC1(C)c2cc(-c3nc(-c4ccccc4-c4ccc(-c5ccccc5)cc4)nc(-c4cccc5c4oc4ccccc45)n3)ccc2-c2cccc(-c3ccccc3)c21. The van der Waals surface area contributed by atoms with E-state index in [1.54, 1.807) is 0 Å². The molecule has 274 valence electrons. The summed E-state index contributed by atoms with van der Waals surface area (Å²) in [5.41, 5.74) is 16.1. The number of furan rings is 1. The highest BCUT2D eigenvalue weighted by Gasteiger charge is 2.38. The van der Waals surface area contributed by atoms with Crippen LogP contribution in [0.1, 0.15) is 25.0 Å². The van der Waals surface area contributed by atoms with E-state index in [4.69, 9.17) is 19.4 Å². The summed E-state index contributed by atoms with van der Waals surface area (Å²) in [5, 5.41) is 2.09. The van der Waals surface area contributed by atoms with Crippen molar-refractivity contribution in [3.63, 3.8) is 0 Å². The Balaban J connectivity index is 1.09. The summed E-state index contributed by atoms with van der Waals surface area (Å²) in [5.74, 6) is 1.78. The largest absolute Gasteiger partial charge is 0.455 e. The van der Waals surface area contributed by atoms with Gasteiger partial charge in [0.1, 0.15) is 11.2 Å². The first-order valence-electron chi connectivity index (χ1n) is 19.8. The topological polar surface area (TPSA) is 51.8 Å². The van der Waals surface area contributed by atoms with Crippen LogP contribution in [-0.2, 0) is 5.41 Å². The van der Waals surface area contributed by atoms with Crippen LogP contribution in [0.25, 0.3) is 101 Å². The summed E-state index contributed by atoms with van der Waals surface area (Å²) in [6.45, 7) is 4.67. The van der Waals surface area contributed by atoms with Crippen molar-refractivity contribution in [1.29, 1.82) is 0 Å². The van der Waals surface area contributed by atoms with E-state index in [0.717, 1.165) is 49.8 Å². The van der Waals surface area contributed by atoms with Gasteiger partial charge in [0, 0.05) is 27.3 Å². The lowest BCUT2D eigenvalue weighted by atomic mass is 9.78. The number of fused-ring (bicyclic) bond motifs is 6. The summed E-state index contributed by atoms with van der Waals surface area (Å²) in [6.07, 6.45) is 0. The summed E-state index contributed by atoms with van der Waals surface area (Å²) in [6, 6.07) is 66.1. The Kier molecular flexibility index (Phi) is 7.80. The molecule has 0 unspecified atom stereocenters. The molecule has 58 heavy (non-hydrogen) atoms. The number of hydrogen-bond acceptors (Lipinski definition) is 4. The second-order valence-corrected chi connectivity index (χ2v) is 15.6. The maximum Gasteiger partial charge on any atom is 0.167 e. The first-order valence-corrected chi connectivity index (χ1v) is 19.8. The molecule has 4 heteroatoms. The molecule has 0 radical (unpaired) electrons. The smallest absolute Gasteiger partial charge is 0.167 e. The third-order valence-electron chi connectivity index (χ3n) is 11.8. The van der Waals surface area contributed by atoms with Gasteiger partial charge in [-0.25, -0.2) is 15.0 Å². The van der Waals surface area contributed by atoms with E-state index in [0.29, 0.717) is 17.5 Å². The first-order chi connectivity index (χ1) is 28.5. The van der Waals surface area contributed by atoms with Gasteiger partial charge in [-0.1, -0.05) is 184 Å². The van der Waals surface area contributed by atoms with Crippen molar-refractivity contribution in [2.45, 2.75) is 19.3 Å². The minimum absolute atomic E-state index is 0.260. The molecule has 0 aliphatic heterocycles. The van der Waals surface area contributed by atoms with Gasteiger partial charge >= 0.3 is 0 Å². The van der Waals surface area contributed by atoms with Crippen LogP contribution in [-0.4, -0.2) is 15.0 Å². The fraction of sp³-hybridized carbons (Fsp3) is 0.0556. The lowest BCUT2D eigenvalue weighted by molar-refractivity contribution is 0.662. The normalized spacial score (nSPS) is 12.8. The maximum atomic E-state index is 6.54. The molecule has 1 aliphatic rings. The van der Waals surface area contributed by atoms with Crippen molar-refractivity contribution in [1.82, 2.24) is 15.0 Å². The zero-order valence-electron chi connectivity index (χ0n) is 32.1. The van der Waals surface area contributed by atoms with Gasteiger partial charge in [0.2, 0.25) is 0 Å². The van der Waals surface area contributed by atoms with Crippen molar-refractivity contribution in [3.05, 3.63) is 199 Å². The predicted octanol–water partition coefficient (Wildman–Crippen LogP) is 14.1. The zero-order chi connectivity index (χ0) is 38.8. The number of aromatic nitrogens is 3. The Hall–Kier alpha value is -7.43.